The lowest BCUT2D eigenvalue weighted by atomic mass is 9.93. The van der Waals surface area contributed by atoms with Gasteiger partial charge in [-0.1, -0.05) is 29.8 Å². The smallest absolute Gasteiger partial charge is 0.217 e. The van der Waals surface area contributed by atoms with Crippen molar-refractivity contribution in [3.05, 3.63) is 76.0 Å². The molecule has 5 heteroatoms. The highest BCUT2D eigenvalue weighted by Gasteiger charge is 2.20. The summed E-state index contributed by atoms with van der Waals surface area (Å²) in [6.07, 6.45) is 0. The Morgan fingerprint density at radius 3 is 2.40 bits per heavy atom. The molecule has 0 saturated heterocycles. The normalized spacial score (nSPS) is 11.3. The summed E-state index contributed by atoms with van der Waals surface area (Å²) in [5.74, 6) is -2.11. The van der Waals surface area contributed by atoms with Gasteiger partial charge in [-0.05, 0) is 24.6 Å². The van der Waals surface area contributed by atoms with Gasteiger partial charge in [-0.25, -0.2) is 8.78 Å². The Hall–Kier alpha value is -3.21. The van der Waals surface area contributed by atoms with E-state index >= 15 is 0 Å². The van der Waals surface area contributed by atoms with Crippen LogP contribution >= 0.6 is 0 Å². The highest BCUT2D eigenvalue weighted by atomic mass is 19.1. The molecule has 25 heavy (non-hydrogen) atoms. The summed E-state index contributed by atoms with van der Waals surface area (Å²) in [6.45, 7) is 1.93. The van der Waals surface area contributed by atoms with Crippen LogP contribution in [0.1, 0.15) is 5.56 Å². The molecule has 1 heterocycles. The summed E-state index contributed by atoms with van der Waals surface area (Å²) in [4.78, 5) is 11.6. The molecule has 124 valence electrons. The maximum absolute atomic E-state index is 13.9. The van der Waals surface area contributed by atoms with E-state index in [4.69, 9.17) is 4.42 Å². The highest BCUT2D eigenvalue weighted by molar-refractivity contribution is 6.02. The van der Waals surface area contributed by atoms with E-state index in [0.29, 0.717) is 16.5 Å². The minimum absolute atomic E-state index is 0.167. The van der Waals surface area contributed by atoms with Gasteiger partial charge in [0.15, 0.2) is 17.4 Å². The molecule has 0 spiro atoms. The molecule has 1 aliphatic heterocycles. The minimum Gasteiger partial charge on any atom is -0.505 e. The van der Waals surface area contributed by atoms with E-state index in [-0.39, 0.29) is 11.3 Å². The standard InChI is InChI=1S/C20H12F2O3/c1-10-2-4-11(5-3-10)20-12-6-14(21)16(23)8-18(12)25-19-9-17(24)15(22)7-13(19)20/h2-9,23H,1H3. The van der Waals surface area contributed by atoms with Gasteiger partial charge in [0.2, 0.25) is 5.43 Å². The van der Waals surface area contributed by atoms with Crippen LogP contribution in [-0.2, 0) is 0 Å². The Balaban J connectivity index is 2.22. The van der Waals surface area contributed by atoms with Gasteiger partial charge in [0, 0.05) is 28.6 Å². The Bertz CT molecular complexity index is 1140. The van der Waals surface area contributed by atoms with Crippen molar-refractivity contribution in [1.82, 2.24) is 0 Å². The average Bonchev–Trinajstić information content (AvgIpc) is 2.57. The van der Waals surface area contributed by atoms with Crippen LogP contribution < -0.4 is 5.43 Å². The lowest BCUT2D eigenvalue weighted by molar-refractivity contribution is 0.432. The predicted octanol–water partition coefficient (Wildman–Crippen LogP) is 4.86. The third-order valence-corrected chi connectivity index (χ3v) is 4.18. The number of halogens is 2. The summed E-state index contributed by atoms with van der Waals surface area (Å²) < 4.78 is 33.4. The molecule has 0 atom stereocenters. The first-order chi connectivity index (χ1) is 11.9. The summed E-state index contributed by atoms with van der Waals surface area (Å²) >= 11 is 0. The number of phenolic OH excluding ortho intramolecular Hbond substituents is 1. The van der Waals surface area contributed by atoms with Crippen LogP contribution in [0.5, 0.6) is 5.75 Å². The SMILES string of the molecule is Cc1ccc(-c2c3cc(F)c(=O)cc-3oc3cc(O)c(F)cc23)cc1. The van der Waals surface area contributed by atoms with Gasteiger partial charge >= 0.3 is 0 Å². The Kier molecular flexibility index (Phi) is 3.32. The molecule has 2 aromatic rings. The van der Waals surface area contributed by atoms with Crippen molar-refractivity contribution in [2.75, 3.05) is 0 Å². The van der Waals surface area contributed by atoms with Crippen molar-refractivity contribution >= 4 is 11.0 Å². The van der Waals surface area contributed by atoms with Gasteiger partial charge < -0.3 is 9.52 Å². The van der Waals surface area contributed by atoms with Gasteiger partial charge in [0.05, 0.1) is 0 Å². The molecule has 0 fully saturated rings. The fourth-order valence-corrected chi connectivity index (χ4v) is 2.93. The summed E-state index contributed by atoms with van der Waals surface area (Å²) in [6, 6.07) is 11.9. The molecular formula is C20H12F2O3. The maximum Gasteiger partial charge on any atom is 0.217 e. The van der Waals surface area contributed by atoms with Crippen LogP contribution in [0.2, 0.25) is 0 Å². The molecule has 0 amide bonds. The van der Waals surface area contributed by atoms with Crippen LogP contribution in [0, 0.1) is 18.6 Å². The Morgan fingerprint density at radius 1 is 0.960 bits per heavy atom. The molecule has 0 radical (unpaired) electrons. The quantitative estimate of drug-likeness (QED) is 0.504. The van der Waals surface area contributed by atoms with Crippen LogP contribution in [0.25, 0.3) is 33.4 Å². The topological polar surface area (TPSA) is 50.4 Å². The van der Waals surface area contributed by atoms with Gasteiger partial charge in [-0.15, -0.1) is 0 Å². The Labute approximate surface area is 141 Å². The van der Waals surface area contributed by atoms with Crippen molar-refractivity contribution in [3.8, 4) is 28.2 Å². The summed E-state index contributed by atoms with van der Waals surface area (Å²) in [5, 5.41) is 10.0. The predicted molar refractivity (Wildman–Crippen MR) is 90.9 cm³/mol. The zero-order chi connectivity index (χ0) is 17.7. The number of hydrogen-bond donors (Lipinski definition) is 1. The van der Waals surface area contributed by atoms with E-state index in [9.17, 15) is 18.7 Å². The average molecular weight is 338 g/mol. The number of phenols is 1. The number of hydrogen-bond acceptors (Lipinski definition) is 3. The molecule has 0 bridgehead atoms. The molecule has 1 aliphatic carbocycles. The van der Waals surface area contributed by atoms with Crippen molar-refractivity contribution < 1.29 is 18.3 Å². The molecule has 4 rings (SSSR count). The summed E-state index contributed by atoms with van der Waals surface area (Å²) in [7, 11) is 0. The molecule has 0 unspecified atom stereocenters. The maximum atomic E-state index is 13.9. The van der Waals surface area contributed by atoms with Crippen molar-refractivity contribution in [2.45, 2.75) is 6.92 Å². The van der Waals surface area contributed by atoms with Gasteiger partial charge in [0.1, 0.15) is 11.3 Å². The van der Waals surface area contributed by atoms with E-state index < -0.39 is 22.8 Å². The van der Waals surface area contributed by atoms with Gasteiger partial charge in [-0.3, -0.25) is 4.79 Å². The lowest BCUT2D eigenvalue weighted by Gasteiger charge is -2.15. The molecule has 2 aliphatic rings. The first-order valence-electron chi connectivity index (χ1n) is 7.59. The first-order valence-corrected chi connectivity index (χ1v) is 7.59. The van der Waals surface area contributed by atoms with Crippen molar-refractivity contribution in [3.63, 3.8) is 0 Å². The second-order valence-corrected chi connectivity index (χ2v) is 5.92. The van der Waals surface area contributed by atoms with E-state index in [1.807, 2.05) is 31.2 Å². The minimum atomic E-state index is -0.908. The van der Waals surface area contributed by atoms with E-state index in [1.54, 1.807) is 0 Å². The molecule has 0 saturated carbocycles. The number of rotatable bonds is 1. The van der Waals surface area contributed by atoms with E-state index in [1.165, 1.54) is 0 Å². The fourth-order valence-electron chi connectivity index (χ4n) is 2.93. The zero-order valence-corrected chi connectivity index (χ0v) is 13.1. The van der Waals surface area contributed by atoms with Crippen molar-refractivity contribution in [2.24, 2.45) is 0 Å². The molecular weight excluding hydrogens is 326 g/mol. The lowest BCUT2D eigenvalue weighted by Crippen LogP contribution is -2.06. The zero-order valence-electron chi connectivity index (χ0n) is 13.1. The van der Waals surface area contributed by atoms with Crippen molar-refractivity contribution in [1.29, 1.82) is 0 Å². The monoisotopic (exact) mass is 338 g/mol. The van der Waals surface area contributed by atoms with Crippen LogP contribution in [-0.4, -0.2) is 5.11 Å². The molecule has 3 nitrogen and oxygen atoms in total. The number of benzene rings is 3. The first kappa shape index (κ1) is 15.3. The van der Waals surface area contributed by atoms with Crippen LogP contribution in [0.3, 0.4) is 0 Å². The van der Waals surface area contributed by atoms with E-state index in [2.05, 4.69) is 0 Å². The van der Waals surface area contributed by atoms with Crippen LogP contribution in [0.15, 0.2) is 57.7 Å². The van der Waals surface area contributed by atoms with Gasteiger partial charge in [0.25, 0.3) is 0 Å². The molecule has 1 N–H and O–H groups in total. The van der Waals surface area contributed by atoms with Crippen LogP contribution in [0.4, 0.5) is 8.78 Å². The molecule has 0 aromatic heterocycles. The van der Waals surface area contributed by atoms with E-state index in [0.717, 1.165) is 35.4 Å². The number of aromatic hydroxyl groups is 1. The third-order valence-electron chi connectivity index (χ3n) is 4.18. The highest BCUT2D eigenvalue weighted by Crippen LogP contribution is 2.41. The summed E-state index contributed by atoms with van der Waals surface area (Å²) in [5.41, 5.74) is 2.06. The number of fused-ring (bicyclic) bond motifs is 2. The largest absolute Gasteiger partial charge is 0.505 e. The van der Waals surface area contributed by atoms with Gasteiger partial charge in [-0.2, -0.15) is 0 Å². The molecule has 2 aromatic carbocycles. The number of aryl methyl sites for hydroxylation is 1. The fraction of sp³-hybridized carbons (Fsp3) is 0.0500. The third kappa shape index (κ3) is 2.45. The second-order valence-electron chi connectivity index (χ2n) is 5.92. The Morgan fingerprint density at radius 2 is 1.68 bits per heavy atom. The second kappa shape index (κ2) is 5.41.